The minimum Gasteiger partial charge on any atom is -0.461 e. The van der Waals surface area contributed by atoms with Gasteiger partial charge in [0.25, 0.3) is 5.88 Å². The van der Waals surface area contributed by atoms with Crippen LogP contribution in [0.25, 0.3) is 5.65 Å². The molecule has 0 aliphatic heterocycles. The van der Waals surface area contributed by atoms with Crippen LogP contribution in [-0.4, -0.2) is 33.1 Å². The number of rotatable bonds is 5. The first-order chi connectivity index (χ1) is 12.1. The van der Waals surface area contributed by atoms with Gasteiger partial charge in [-0.15, -0.1) is 0 Å². The van der Waals surface area contributed by atoms with Crippen molar-refractivity contribution < 1.29 is 19.1 Å². The molecule has 128 valence electrons. The van der Waals surface area contributed by atoms with Crippen molar-refractivity contribution >= 4 is 23.2 Å². The number of ether oxygens (including phenoxy) is 2. The van der Waals surface area contributed by atoms with Gasteiger partial charge in [-0.3, -0.25) is 4.79 Å². The zero-order valence-corrected chi connectivity index (χ0v) is 13.7. The molecule has 0 spiro atoms. The Kier molecular flexibility index (Phi) is 4.60. The quantitative estimate of drug-likeness (QED) is 0.718. The van der Waals surface area contributed by atoms with Crippen LogP contribution in [0.5, 0.6) is 11.6 Å². The molecule has 0 saturated carbocycles. The molecule has 0 bridgehead atoms. The van der Waals surface area contributed by atoms with E-state index in [1.807, 2.05) is 0 Å². The number of imidazole rings is 1. The van der Waals surface area contributed by atoms with Gasteiger partial charge in [0, 0.05) is 18.8 Å². The van der Waals surface area contributed by atoms with Crippen LogP contribution in [0.15, 0.2) is 42.6 Å². The number of nitrogens with zero attached hydrogens (tertiary/aromatic N) is 3. The molecule has 2 heterocycles. The van der Waals surface area contributed by atoms with Crippen molar-refractivity contribution in [2.24, 2.45) is 0 Å². The van der Waals surface area contributed by atoms with E-state index in [1.165, 1.54) is 11.4 Å². The average Bonchev–Trinajstić information content (AvgIpc) is 2.95. The predicted molar refractivity (Wildman–Crippen MR) is 89.8 cm³/mol. The van der Waals surface area contributed by atoms with E-state index < -0.39 is 5.97 Å². The van der Waals surface area contributed by atoms with E-state index in [4.69, 9.17) is 9.47 Å². The fourth-order valence-corrected chi connectivity index (χ4v) is 2.21. The van der Waals surface area contributed by atoms with Crippen LogP contribution in [0, 0.1) is 0 Å². The minimum atomic E-state index is -0.585. The number of hydrogen-bond acceptors (Lipinski definition) is 6. The van der Waals surface area contributed by atoms with Gasteiger partial charge in [0.15, 0.2) is 5.65 Å². The highest BCUT2D eigenvalue weighted by atomic mass is 16.5. The number of nitrogens with one attached hydrogen (secondary N) is 1. The van der Waals surface area contributed by atoms with Crippen molar-refractivity contribution in [3.8, 4) is 11.6 Å². The number of carbonyl (C=O) groups excluding carboxylic acids is 2. The van der Waals surface area contributed by atoms with Crippen LogP contribution in [0.1, 0.15) is 24.3 Å². The monoisotopic (exact) mass is 340 g/mol. The van der Waals surface area contributed by atoms with Crippen LogP contribution in [0.4, 0.5) is 5.69 Å². The number of fused-ring (bicyclic) bond motifs is 1. The Bertz CT molecular complexity index is 918. The number of hydrogen-bond donors (Lipinski definition) is 1. The van der Waals surface area contributed by atoms with E-state index in [9.17, 15) is 9.59 Å². The molecule has 3 aromatic rings. The first-order valence-electron chi connectivity index (χ1n) is 7.65. The van der Waals surface area contributed by atoms with Crippen LogP contribution < -0.4 is 10.1 Å². The lowest BCUT2D eigenvalue weighted by Gasteiger charge is -2.08. The molecule has 0 unspecified atom stereocenters. The summed E-state index contributed by atoms with van der Waals surface area (Å²) in [5, 5.41) is 6.83. The maximum absolute atomic E-state index is 12.1. The second kappa shape index (κ2) is 7.00. The Labute approximate surface area is 143 Å². The lowest BCUT2D eigenvalue weighted by molar-refractivity contribution is -0.114. The SMILES string of the molecule is CCOC(=O)c1nc2cccnn2c1Oc1ccc(NC(C)=O)cc1. The van der Waals surface area contributed by atoms with E-state index in [-0.39, 0.29) is 24.1 Å². The second-order valence-electron chi connectivity index (χ2n) is 5.09. The molecule has 0 aliphatic carbocycles. The molecule has 8 nitrogen and oxygen atoms in total. The number of anilines is 1. The third kappa shape index (κ3) is 3.57. The standard InChI is InChI=1S/C17H16N4O4/c1-3-24-17(23)15-16(21-14(20-15)5-4-10-18-21)25-13-8-6-12(7-9-13)19-11(2)22/h4-10H,3H2,1-2H3,(H,19,22). The lowest BCUT2D eigenvalue weighted by Crippen LogP contribution is -2.07. The van der Waals surface area contributed by atoms with E-state index in [0.717, 1.165) is 0 Å². The average molecular weight is 340 g/mol. The van der Waals surface area contributed by atoms with Gasteiger partial charge in [0.05, 0.1) is 6.61 Å². The molecule has 8 heteroatoms. The first kappa shape index (κ1) is 16.4. The minimum absolute atomic E-state index is 0.0477. The molecule has 2 aromatic heterocycles. The van der Waals surface area contributed by atoms with E-state index in [0.29, 0.717) is 17.1 Å². The topological polar surface area (TPSA) is 94.8 Å². The Morgan fingerprint density at radius 3 is 2.64 bits per heavy atom. The summed E-state index contributed by atoms with van der Waals surface area (Å²) < 4.78 is 12.3. The highest BCUT2D eigenvalue weighted by Crippen LogP contribution is 2.27. The van der Waals surface area contributed by atoms with Gasteiger partial charge in [-0.2, -0.15) is 9.61 Å². The molecule has 0 fully saturated rings. The van der Waals surface area contributed by atoms with Gasteiger partial charge in [-0.25, -0.2) is 9.78 Å². The highest BCUT2D eigenvalue weighted by molar-refractivity contribution is 5.91. The Balaban J connectivity index is 1.95. The number of esters is 1. The third-order valence-corrected chi connectivity index (χ3v) is 3.21. The molecule has 1 aromatic carbocycles. The van der Waals surface area contributed by atoms with Gasteiger partial charge in [-0.05, 0) is 43.3 Å². The molecule has 0 atom stereocenters. The van der Waals surface area contributed by atoms with Crippen molar-refractivity contribution in [2.75, 3.05) is 11.9 Å². The summed E-state index contributed by atoms with van der Waals surface area (Å²) in [5.41, 5.74) is 1.16. The molecule has 0 saturated heterocycles. The number of amides is 1. The van der Waals surface area contributed by atoms with Crippen molar-refractivity contribution in [1.82, 2.24) is 14.6 Å². The van der Waals surface area contributed by atoms with Crippen LogP contribution in [0.3, 0.4) is 0 Å². The molecular formula is C17H16N4O4. The van der Waals surface area contributed by atoms with Crippen LogP contribution in [0.2, 0.25) is 0 Å². The van der Waals surface area contributed by atoms with Crippen LogP contribution >= 0.6 is 0 Å². The summed E-state index contributed by atoms with van der Waals surface area (Å²) >= 11 is 0. The largest absolute Gasteiger partial charge is 0.461 e. The third-order valence-electron chi connectivity index (χ3n) is 3.21. The number of benzene rings is 1. The molecule has 0 radical (unpaired) electrons. The van der Waals surface area contributed by atoms with Crippen molar-refractivity contribution in [2.45, 2.75) is 13.8 Å². The summed E-state index contributed by atoms with van der Waals surface area (Å²) in [6.45, 7) is 3.37. The summed E-state index contributed by atoms with van der Waals surface area (Å²) in [6.07, 6.45) is 1.57. The smallest absolute Gasteiger partial charge is 0.362 e. The Morgan fingerprint density at radius 2 is 1.96 bits per heavy atom. The van der Waals surface area contributed by atoms with Gasteiger partial charge in [0.1, 0.15) is 5.75 Å². The summed E-state index contributed by atoms with van der Waals surface area (Å²) in [4.78, 5) is 27.4. The zero-order valence-electron chi connectivity index (χ0n) is 13.7. The second-order valence-corrected chi connectivity index (χ2v) is 5.09. The number of carbonyl (C=O) groups is 2. The maximum atomic E-state index is 12.1. The Hall–Kier alpha value is -3.42. The fraction of sp³-hybridized carbons (Fsp3) is 0.176. The van der Waals surface area contributed by atoms with Crippen molar-refractivity contribution in [3.05, 3.63) is 48.3 Å². The molecule has 3 rings (SSSR count). The molecular weight excluding hydrogens is 324 g/mol. The predicted octanol–water partition coefficient (Wildman–Crippen LogP) is 2.66. The van der Waals surface area contributed by atoms with E-state index >= 15 is 0 Å². The van der Waals surface area contributed by atoms with Gasteiger partial charge < -0.3 is 14.8 Å². The molecule has 1 amide bonds. The number of aromatic nitrogens is 3. The molecule has 1 N–H and O–H groups in total. The lowest BCUT2D eigenvalue weighted by atomic mass is 10.3. The first-order valence-corrected chi connectivity index (χ1v) is 7.65. The zero-order chi connectivity index (χ0) is 17.8. The van der Waals surface area contributed by atoms with Gasteiger partial charge >= 0.3 is 5.97 Å². The van der Waals surface area contributed by atoms with Crippen LogP contribution in [-0.2, 0) is 9.53 Å². The maximum Gasteiger partial charge on any atom is 0.362 e. The summed E-state index contributed by atoms with van der Waals surface area (Å²) in [7, 11) is 0. The van der Waals surface area contributed by atoms with E-state index in [2.05, 4.69) is 15.4 Å². The Morgan fingerprint density at radius 1 is 1.20 bits per heavy atom. The van der Waals surface area contributed by atoms with Crippen molar-refractivity contribution in [1.29, 1.82) is 0 Å². The van der Waals surface area contributed by atoms with Crippen molar-refractivity contribution in [3.63, 3.8) is 0 Å². The summed E-state index contributed by atoms with van der Waals surface area (Å²) in [5.74, 6) is -0.115. The molecule has 0 aliphatic rings. The normalized spacial score (nSPS) is 10.5. The molecule has 25 heavy (non-hydrogen) atoms. The summed E-state index contributed by atoms with van der Waals surface area (Å²) in [6, 6.07) is 10.1. The van der Waals surface area contributed by atoms with Gasteiger partial charge in [-0.1, -0.05) is 0 Å². The van der Waals surface area contributed by atoms with E-state index in [1.54, 1.807) is 49.5 Å². The fourth-order valence-electron chi connectivity index (χ4n) is 2.21. The highest BCUT2D eigenvalue weighted by Gasteiger charge is 2.23. The van der Waals surface area contributed by atoms with Gasteiger partial charge in [0.2, 0.25) is 11.6 Å².